The molecule has 0 N–H and O–H groups in total. The van der Waals surface area contributed by atoms with Gasteiger partial charge in [-0.25, -0.2) is 0 Å². The van der Waals surface area contributed by atoms with Crippen LogP contribution in [-0.2, 0) is 16.2 Å². The van der Waals surface area contributed by atoms with E-state index >= 15 is 0 Å². The van der Waals surface area contributed by atoms with Crippen LogP contribution in [0.1, 0.15) is 206 Å². The second-order valence-electron chi connectivity index (χ2n) is 25.5. The summed E-state index contributed by atoms with van der Waals surface area (Å²) < 4.78 is 0. The fourth-order valence-corrected chi connectivity index (χ4v) is 14.6. The van der Waals surface area contributed by atoms with E-state index in [1.165, 1.54) is 169 Å². The molecule has 3 saturated carbocycles. The molecule has 1 heteroatoms. The van der Waals surface area contributed by atoms with Gasteiger partial charge in [-0.15, -0.1) is 0 Å². The molecule has 8 aromatic carbocycles. The van der Waals surface area contributed by atoms with Crippen LogP contribution >= 0.6 is 0 Å². The molecule has 0 radical (unpaired) electrons. The molecule has 0 spiro atoms. The summed E-state index contributed by atoms with van der Waals surface area (Å²) in [6, 6.07) is 71.1. The maximum Gasteiger partial charge on any atom is 0.0714 e. The molecular weight excluding hydrogens is 915 g/mol. The number of hydrogen-bond donors (Lipinski definition) is 0. The van der Waals surface area contributed by atoms with Crippen LogP contribution < -0.4 is 4.90 Å². The zero-order valence-corrected chi connectivity index (χ0v) is 46.6. The first-order chi connectivity index (χ1) is 37.0. The predicted molar refractivity (Wildman–Crippen MR) is 324 cm³/mol. The van der Waals surface area contributed by atoms with E-state index in [-0.39, 0.29) is 10.8 Å². The summed E-state index contributed by atoms with van der Waals surface area (Å²) in [7, 11) is 0. The first-order valence-electron chi connectivity index (χ1n) is 29.7. The minimum absolute atomic E-state index is 0.0364. The smallest absolute Gasteiger partial charge is 0.0714 e. The van der Waals surface area contributed by atoms with Crippen LogP contribution in [0.15, 0.2) is 182 Å². The van der Waals surface area contributed by atoms with Crippen molar-refractivity contribution in [3.8, 4) is 33.4 Å². The Morgan fingerprint density at radius 3 is 1.36 bits per heavy atom. The maximum absolute atomic E-state index is 2.71. The van der Waals surface area contributed by atoms with Crippen molar-refractivity contribution >= 4 is 17.1 Å². The maximum atomic E-state index is 2.71. The highest BCUT2D eigenvalue weighted by Crippen LogP contribution is 2.58. The molecule has 0 bridgehead atoms. The molecule has 4 aliphatic rings. The van der Waals surface area contributed by atoms with Gasteiger partial charge in [0.05, 0.1) is 11.1 Å². The van der Waals surface area contributed by atoms with Crippen molar-refractivity contribution in [2.75, 3.05) is 4.90 Å². The molecule has 0 amide bonds. The van der Waals surface area contributed by atoms with Crippen molar-refractivity contribution in [1.29, 1.82) is 0 Å². The average Bonchev–Trinajstić information content (AvgIpc) is 3.76. The van der Waals surface area contributed by atoms with Crippen LogP contribution in [-0.4, -0.2) is 0 Å². The van der Waals surface area contributed by atoms with Crippen molar-refractivity contribution in [2.24, 2.45) is 0 Å². The lowest BCUT2D eigenvalue weighted by molar-refractivity contribution is 0.404. The monoisotopic (exact) mass is 996 g/mol. The van der Waals surface area contributed by atoms with E-state index in [2.05, 4.69) is 228 Å². The highest BCUT2D eigenvalue weighted by atomic mass is 15.1. The molecule has 0 aromatic heterocycles. The molecule has 4 aliphatic carbocycles. The molecule has 12 rings (SSSR count). The molecule has 1 nitrogen and oxygen atoms in total. The molecule has 8 aromatic rings. The fourth-order valence-electron chi connectivity index (χ4n) is 14.6. The third-order valence-electron chi connectivity index (χ3n) is 18.7. The van der Waals surface area contributed by atoms with Gasteiger partial charge in [0.1, 0.15) is 0 Å². The van der Waals surface area contributed by atoms with Gasteiger partial charge >= 0.3 is 0 Å². The third-order valence-corrected chi connectivity index (χ3v) is 18.7. The zero-order valence-electron chi connectivity index (χ0n) is 46.6. The molecule has 386 valence electrons. The minimum atomic E-state index is -0.556. The van der Waals surface area contributed by atoms with E-state index in [0.29, 0.717) is 11.8 Å². The summed E-state index contributed by atoms with van der Waals surface area (Å²) in [5.74, 6) is 2.09. The normalized spacial score (nSPS) is 17.3. The zero-order chi connectivity index (χ0) is 52.0. The van der Waals surface area contributed by atoms with E-state index in [1.54, 1.807) is 11.1 Å². The minimum Gasteiger partial charge on any atom is -0.310 e. The predicted octanol–water partition coefficient (Wildman–Crippen LogP) is 21.6. The molecule has 0 unspecified atom stereocenters. The van der Waals surface area contributed by atoms with Gasteiger partial charge in [0.15, 0.2) is 0 Å². The standard InChI is InChI=1S/C75H81N/c1-73(2,3)58-37-41-60(42-38-58)75(61-43-39-59(40-44-61)74(4,5)6)69-33-21-19-32-65(69)66-48-47-63(51-70(66)75)76(71-34-22-20-31-64(71)53-23-11-7-12-24-53)62-45-35-52(36-46-62)57-49-67(54-25-13-8-14-26-54)72(56-29-17-10-18-30-56)68(50-57)55-27-15-9-16-28-55/h7,11-12,19-24,31-51,54-56H,8-10,13-18,25-30H2,1-6H3. The van der Waals surface area contributed by atoms with Crippen molar-refractivity contribution in [1.82, 2.24) is 0 Å². The summed E-state index contributed by atoms with van der Waals surface area (Å²) in [5, 5.41) is 0. The summed E-state index contributed by atoms with van der Waals surface area (Å²) in [6.45, 7) is 13.9. The van der Waals surface area contributed by atoms with E-state index in [9.17, 15) is 0 Å². The van der Waals surface area contributed by atoms with Crippen molar-refractivity contribution in [3.05, 3.63) is 232 Å². The van der Waals surface area contributed by atoms with Gasteiger partial charge in [0.2, 0.25) is 0 Å². The van der Waals surface area contributed by atoms with Gasteiger partial charge in [0, 0.05) is 16.9 Å². The summed E-state index contributed by atoms with van der Waals surface area (Å²) in [5.41, 5.74) is 24.0. The van der Waals surface area contributed by atoms with Crippen LogP contribution in [0.5, 0.6) is 0 Å². The van der Waals surface area contributed by atoms with Crippen molar-refractivity contribution in [2.45, 2.75) is 172 Å². The summed E-state index contributed by atoms with van der Waals surface area (Å²) >= 11 is 0. The Morgan fingerprint density at radius 2 is 0.816 bits per heavy atom. The number of anilines is 3. The van der Waals surface area contributed by atoms with Crippen LogP contribution in [0, 0.1) is 0 Å². The summed E-state index contributed by atoms with van der Waals surface area (Å²) in [4.78, 5) is 2.55. The first kappa shape index (κ1) is 50.4. The topological polar surface area (TPSA) is 3.24 Å². The van der Waals surface area contributed by atoms with Gasteiger partial charge in [-0.1, -0.05) is 251 Å². The van der Waals surface area contributed by atoms with Crippen LogP contribution in [0.2, 0.25) is 0 Å². The number of benzene rings is 8. The Morgan fingerprint density at radius 1 is 0.355 bits per heavy atom. The van der Waals surface area contributed by atoms with Crippen LogP contribution in [0.3, 0.4) is 0 Å². The molecule has 76 heavy (non-hydrogen) atoms. The molecule has 0 heterocycles. The number of nitrogens with zero attached hydrogens (tertiary/aromatic N) is 1. The SMILES string of the molecule is CC(C)(C)c1ccc(C2(c3ccc(C(C)(C)C)cc3)c3ccccc3-c3ccc(N(c4ccc(-c5cc(C6CCCCC6)c(C6CCCCC6)c(C6CCCCC6)c5)cc4)c4ccccc4-c4ccccc4)cc32)cc1. The Hall–Kier alpha value is -6.44. The lowest BCUT2D eigenvalue weighted by atomic mass is 9.67. The van der Waals surface area contributed by atoms with Crippen molar-refractivity contribution in [3.63, 3.8) is 0 Å². The van der Waals surface area contributed by atoms with Gasteiger partial charge in [-0.2, -0.15) is 0 Å². The molecule has 3 fully saturated rings. The second kappa shape index (κ2) is 20.8. The Bertz CT molecular complexity index is 3190. The van der Waals surface area contributed by atoms with Gasteiger partial charge in [0.25, 0.3) is 0 Å². The highest BCUT2D eigenvalue weighted by Gasteiger charge is 2.47. The van der Waals surface area contributed by atoms with Crippen LogP contribution in [0.4, 0.5) is 17.1 Å². The number of para-hydroxylation sites is 1. The number of rotatable bonds is 10. The largest absolute Gasteiger partial charge is 0.310 e. The van der Waals surface area contributed by atoms with E-state index in [0.717, 1.165) is 17.3 Å². The fraction of sp³-hybridized carbons (Fsp3) is 0.360. The van der Waals surface area contributed by atoms with Gasteiger partial charge in [-0.05, 0) is 175 Å². The van der Waals surface area contributed by atoms with E-state index in [1.807, 2.05) is 5.56 Å². The third kappa shape index (κ3) is 9.39. The molecular formula is C75H81N. The lowest BCUT2D eigenvalue weighted by Gasteiger charge is -2.36. The Balaban J connectivity index is 1.05. The average molecular weight is 996 g/mol. The van der Waals surface area contributed by atoms with Gasteiger partial charge in [-0.3, -0.25) is 0 Å². The Kier molecular flexibility index (Phi) is 13.8. The van der Waals surface area contributed by atoms with Crippen LogP contribution in [0.25, 0.3) is 33.4 Å². The first-order valence-corrected chi connectivity index (χ1v) is 29.7. The quantitative estimate of drug-likeness (QED) is 0.132. The lowest BCUT2D eigenvalue weighted by Crippen LogP contribution is -2.29. The summed E-state index contributed by atoms with van der Waals surface area (Å²) in [6.07, 6.45) is 20.6. The molecule has 0 aliphatic heterocycles. The number of fused-ring (bicyclic) bond motifs is 3. The van der Waals surface area contributed by atoms with E-state index in [4.69, 9.17) is 0 Å². The van der Waals surface area contributed by atoms with E-state index < -0.39 is 5.41 Å². The van der Waals surface area contributed by atoms with Gasteiger partial charge < -0.3 is 4.90 Å². The second-order valence-corrected chi connectivity index (χ2v) is 25.5. The molecule has 0 saturated heterocycles. The highest BCUT2D eigenvalue weighted by molar-refractivity contribution is 5.92. The number of hydrogen-bond acceptors (Lipinski definition) is 1. The Labute approximate surface area is 456 Å². The van der Waals surface area contributed by atoms with Crippen molar-refractivity contribution < 1.29 is 0 Å². The molecule has 0 atom stereocenters.